The van der Waals surface area contributed by atoms with Gasteiger partial charge in [-0.25, -0.2) is 0 Å². The highest BCUT2D eigenvalue weighted by Crippen LogP contribution is 2.39. The van der Waals surface area contributed by atoms with Crippen LogP contribution in [0.5, 0.6) is 5.75 Å². The average Bonchev–Trinajstić information content (AvgIpc) is 2.55. The minimum absolute atomic E-state index is 0.0887. The van der Waals surface area contributed by atoms with Gasteiger partial charge in [-0.1, -0.05) is 49.4 Å². The lowest BCUT2D eigenvalue weighted by Crippen LogP contribution is -2.48. The molecule has 0 aliphatic heterocycles. The number of ether oxygens (including phenoxy) is 1. The maximum absolute atomic E-state index is 6.92. The van der Waals surface area contributed by atoms with Crippen molar-refractivity contribution in [3.63, 3.8) is 0 Å². The highest BCUT2D eigenvalue weighted by atomic mass is 16.5. The van der Waals surface area contributed by atoms with E-state index in [0.717, 1.165) is 17.7 Å². The summed E-state index contributed by atoms with van der Waals surface area (Å²) in [7, 11) is 5.84. The lowest BCUT2D eigenvalue weighted by atomic mass is 9.77. The number of benzene rings is 2. The molecule has 3 nitrogen and oxygen atoms in total. The number of methoxy groups -OCH3 is 1. The summed E-state index contributed by atoms with van der Waals surface area (Å²) >= 11 is 0. The Morgan fingerprint density at radius 1 is 1.09 bits per heavy atom. The molecule has 118 valence electrons. The summed E-state index contributed by atoms with van der Waals surface area (Å²) in [4.78, 5) is 2.19. The maximum Gasteiger partial charge on any atom is 0.119 e. The van der Waals surface area contributed by atoms with Crippen molar-refractivity contribution >= 4 is 0 Å². The van der Waals surface area contributed by atoms with Crippen molar-refractivity contribution in [2.45, 2.75) is 24.9 Å². The molecule has 22 heavy (non-hydrogen) atoms. The van der Waals surface area contributed by atoms with Crippen LogP contribution >= 0.6 is 0 Å². The van der Waals surface area contributed by atoms with Gasteiger partial charge in [-0.15, -0.1) is 0 Å². The predicted octanol–water partition coefficient (Wildman–Crippen LogP) is 3.56. The third-order valence-corrected chi connectivity index (χ3v) is 4.31. The van der Waals surface area contributed by atoms with Crippen LogP contribution in [0, 0.1) is 0 Å². The highest BCUT2D eigenvalue weighted by Gasteiger charge is 2.37. The van der Waals surface area contributed by atoms with E-state index in [2.05, 4.69) is 56.3 Å². The van der Waals surface area contributed by atoms with Crippen molar-refractivity contribution < 1.29 is 4.74 Å². The summed E-state index contributed by atoms with van der Waals surface area (Å²) in [5, 5.41) is 0. The normalized spacial score (nSPS) is 15.4. The van der Waals surface area contributed by atoms with Crippen molar-refractivity contribution in [3.8, 4) is 5.75 Å². The van der Waals surface area contributed by atoms with Gasteiger partial charge in [0.2, 0.25) is 0 Å². The fourth-order valence-corrected chi connectivity index (χ4v) is 3.16. The number of hydrogen-bond acceptors (Lipinski definition) is 3. The summed E-state index contributed by atoms with van der Waals surface area (Å²) < 4.78 is 5.37. The minimum Gasteiger partial charge on any atom is -0.497 e. The van der Waals surface area contributed by atoms with Crippen molar-refractivity contribution in [1.82, 2.24) is 4.90 Å². The Morgan fingerprint density at radius 2 is 1.77 bits per heavy atom. The first-order valence-electron chi connectivity index (χ1n) is 7.67. The second kappa shape index (κ2) is 6.95. The SMILES string of the molecule is CCC(N)(c1cccc(OC)c1)C(c1ccccc1)N(C)C. The predicted molar refractivity (Wildman–Crippen MR) is 92.0 cm³/mol. The Bertz CT molecular complexity index is 597. The van der Waals surface area contributed by atoms with Crippen molar-refractivity contribution in [2.75, 3.05) is 21.2 Å². The summed E-state index contributed by atoms with van der Waals surface area (Å²) in [6.07, 6.45) is 0.831. The van der Waals surface area contributed by atoms with Gasteiger partial charge in [0, 0.05) is 0 Å². The van der Waals surface area contributed by atoms with E-state index < -0.39 is 5.54 Å². The largest absolute Gasteiger partial charge is 0.497 e. The average molecular weight is 298 g/mol. The molecule has 0 aromatic heterocycles. The zero-order valence-corrected chi connectivity index (χ0v) is 13.9. The molecule has 0 amide bonds. The molecule has 2 rings (SSSR count). The number of rotatable bonds is 6. The quantitative estimate of drug-likeness (QED) is 0.886. The van der Waals surface area contributed by atoms with Crippen LogP contribution in [0.4, 0.5) is 0 Å². The molecule has 2 unspecified atom stereocenters. The van der Waals surface area contributed by atoms with E-state index in [0.29, 0.717) is 0 Å². The lowest BCUT2D eigenvalue weighted by Gasteiger charge is -2.41. The van der Waals surface area contributed by atoms with Crippen molar-refractivity contribution in [3.05, 3.63) is 65.7 Å². The van der Waals surface area contributed by atoms with Crippen LogP contribution in [0.1, 0.15) is 30.5 Å². The molecular formula is C19H26N2O. The topological polar surface area (TPSA) is 38.5 Å². The zero-order chi connectivity index (χ0) is 16.2. The molecular weight excluding hydrogens is 272 g/mol. The summed E-state index contributed by atoms with van der Waals surface area (Å²) in [6, 6.07) is 18.6. The van der Waals surface area contributed by atoms with Crippen LogP contribution in [0.2, 0.25) is 0 Å². The van der Waals surface area contributed by atoms with Gasteiger partial charge in [0.25, 0.3) is 0 Å². The Kier molecular flexibility index (Phi) is 5.22. The highest BCUT2D eigenvalue weighted by molar-refractivity contribution is 5.37. The number of nitrogens with two attached hydrogens (primary N) is 1. The summed E-state index contributed by atoms with van der Waals surface area (Å²) in [5.41, 5.74) is 8.75. The fourth-order valence-electron chi connectivity index (χ4n) is 3.16. The molecule has 0 aliphatic carbocycles. The van der Waals surface area contributed by atoms with Crippen LogP contribution in [0.15, 0.2) is 54.6 Å². The van der Waals surface area contributed by atoms with Crippen molar-refractivity contribution in [2.24, 2.45) is 5.73 Å². The van der Waals surface area contributed by atoms with Gasteiger partial charge in [0.05, 0.1) is 18.7 Å². The van der Waals surface area contributed by atoms with E-state index >= 15 is 0 Å². The zero-order valence-electron chi connectivity index (χ0n) is 13.9. The molecule has 2 N–H and O–H groups in total. The van der Waals surface area contributed by atoms with Gasteiger partial charge in [0.1, 0.15) is 5.75 Å². The molecule has 2 aromatic rings. The molecule has 0 radical (unpaired) electrons. The summed E-state index contributed by atoms with van der Waals surface area (Å²) in [5.74, 6) is 0.839. The molecule has 3 heteroatoms. The number of hydrogen-bond donors (Lipinski definition) is 1. The summed E-state index contributed by atoms with van der Waals surface area (Å²) in [6.45, 7) is 2.14. The van der Waals surface area contributed by atoms with Gasteiger partial charge in [-0.05, 0) is 43.8 Å². The third kappa shape index (κ3) is 3.16. The molecule has 0 spiro atoms. The van der Waals surface area contributed by atoms with E-state index in [-0.39, 0.29) is 6.04 Å². The van der Waals surface area contributed by atoms with E-state index in [9.17, 15) is 0 Å². The van der Waals surface area contributed by atoms with Crippen LogP contribution in [-0.4, -0.2) is 26.1 Å². The first-order chi connectivity index (χ1) is 10.5. The number of nitrogens with zero attached hydrogens (tertiary/aromatic N) is 1. The second-order valence-corrected chi connectivity index (χ2v) is 5.90. The molecule has 0 aliphatic rings. The monoisotopic (exact) mass is 298 g/mol. The lowest BCUT2D eigenvalue weighted by molar-refractivity contribution is 0.171. The van der Waals surface area contributed by atoms with E-state index in [1.807, 2.05) is 24.3 Å². The minimum atomic E-state index is -0.487. The van der Waals surface area contributed by atoms with Gasteiger partial charge in [0.15, 0.2) is 0 Å². The number of likely N-dealkylation sites (N-methyl/N-ethyl adjacent to an activating group) is 1. The molecule has 0 saturated heterocycles. The maximum atomic E-state index is 6.92. The molecule has 0 heterocycles. The van der Waals surface area contributed by atoms with Crippen LogP contribution in [-0.2, 0) is 5.54 Å². The van der Waals surface area contributed by atoms with E-state index in [1.54, 1.807) is 7.11 Å². The molecule has 2 atom stereocenters. The van der Waals surface area contributed by atoms with Crippen LogP contribution < -0.4 is 10.5 Å². The van der Waals surface area contributed by atoms with Crippen LogP contribution in [0.3, 0.4) is 0 Å². The molecule has 2 aromatic carbocycles. The van der Waals surface area contributed by atoms with E-state index in [1.165, 1.54) is 5.56 Å². The first kappa shape index (κ1) is 16.5. The van der Waals surface area contributed by atoms with Gasteiger partial charge in [-0.2, -0.15) is 0 Å². The first-order valence-corrected chi connectivity index (χ1v) is 7.67. The van der Waals surface area contributed by atoms with Crippen LogP contribution in [0.25, 0.3) is 0 Å². The fraction of sp³-hybridized carbons (Fsp3) is 0.368. The Balaban J connectivity index is 2.54. The van der Waals surface area contributed by atoms with E-state index in [4.69, 9.17) is 10.5 Å². The van der Waals surface area contributed by atoms with Gasteiger partial charge in [-0.3, -0.25) is 0 Å². The Hall–Kier alpha value is -1.84. The van der Waals surface area contributed by atoms with Gasteiger partial charge < -0.3 is 15.4 Å². The molecule has 0 saturated carbocycles. The second-order valence-electron chi connectivity index (χ2n) is 5.90. The third-order valence-electron chi connectivity index (χ3n) is 4.31. The smallest absolute Gasteiger partial charge is 0.119 e. The Labute approximate surface area is 133 Å². The van der Waals surface area contributed by atoms with Gasteiger partial charge >= 0.3 is 0 Å². The molecule has 0 bridgehead atoms. The van der Waals surface area contributed by atoms with Crippen molar-refractivity contribution in [1.29, 1.82) is 0 Å². The standard InChI is InChI=1S/C19H26N2O/c1-5-19(20,16-12-9-13-17(14-16)22-4)18(21(2)3)15-10-7-6-8-11-15/h6-14,18H,5,20H2,1-4H3. The Morgan fingerprint density at radius 3 is 2.32 bits per heavy atom. The molecule has 0 fully saturated rings.